The van der Waals surface area contributed by atoms with Gasteiger partial charge in [-0.3, -0.25) is 4.79 Å². The molecule has 20 heavy (non-hydrogen) atoms. The highest BCUT2D eigenvalue weighted by Gasteiger charge is 2.23. The van der Waals surface area contributed by atoms with E-state index in [2.05, 4.69) is 15.3 Å². The maximum Gasteiger partial charge on any atom is 0.256 e. The molecule has 0 unspecified atom stereocenters. The fourth-order valence-electron chi connectivity index (χ4n) is 2.49. The summed E-state index contributed by atoms with van der Waals surface area (Å²) in [6.45, 7) is 0. The summed E-state index contributed by atoms with van der Waals surface area (Å²) in [5.74, 6) is -0.0715. The van der Waals surface area contributed by atoms with E-state index in [0.717, 1.165) is 28.0 Å². The van der Waals surface area contributed by atoms with Gasteiger partial charge in [0.15, 0.2) is 0 Å². The quantitative estimate of drug-likeness (QED) is 0.661. The molecule has 0 radical (unpaired) electrons. The first kappa shape index (κ1) is 11.0. The van der Waals surface area contributed by atoms with Gasteiger partial charge in [-0.25, -0.2) is 4.98 Å². The fourth-order valence-corrected chi connectivity index (χ4v) is 2.49. The van der Waals surface area contributed by atoms with Crippen molar-refractivity contribution >= 4 is 34.3 Å². The highest BCUT2D eigenvalue weighted by Crippen LogP contribution is 2.32. The number of nitrogens with zero attached hydrogens (tertiary/aromatic N) is 1. The molecule has 4 nitrogen and oxygen atoms in total. The lowest BCUT2D eigenvalue weighted by Gasteiger charge is -1.96. The largest absolute Gasteiger partial charge is 0.340 e. The first-order valence-corrected chi connectivity index (χ1v) is 6.37. The Hall–Kier alpha value is -2.88. The number of hydrogen-bond donors (Lipinski definition) is 2. The number of anilines is 1. The molecule has 1 amide bonds. The molecule has 1 aliphatic heterocycles. The Bertz CT molecular complexity index is 828. The van der Waals surface area contributed by atoms with Gasteiger partial charge >= 0.3 is 0 Å². The summed E-state index contributed by atoms with van der Waals surface area (Å²) in [6.07, 6.45) is 3.61. The van der Waals surface area contributed by atoms with Gasteiger partial charge < -0.3 is 10.3 Å². The predicted molar refractivity (Wildman–Crippen MR) is 79.0 cm³/mol. The molecule has 4 heteroatoms. The number of carbonyl (C=O) groups is 1. The number of aromatic amines is 1. The van der Waals surface area contributed by atoms with Crippen molar-refractivity contribution in [2.24, 2.45) is 0 Å². The van der Waals surface area contributed by atoms with E-state index in [1.54, 1.807) is 6.20 Å². The van der Waals surface area contributed by atoms with Gasteiger partial charge in [-0.1, -0.05) is 18.2 Å². The number of hydrogen-bond acceptors (Lipinski definition) is 2. The molecule has 3 aromatic rings. The molecule has 0 fully saturated rings. The molecule has 0 saturated heterocycles. The lowest BCUT2D eigenvalue weighted by molar-refractivity contribution is -0.110. The number of H-pyrrole nitrogens is 1. The maximum atomic E-state index is 12.0. The van der Waals surface area contributed by atoms with Crippen molar-refractivity contribution in [3.05, 3.63) is 59.9 Å². The van der Waals surface area contributed by atoms with Crippen LogP contribution in [0, 0.1) is 0 Å². The van der Waals surface area contributed by atoms with Gasteiger partial charge in [0.1, 0.15) is 5.65 Å². The molecule has 96 valence electrons. The minimum Gasteiger partial charge on any atom is -0.340 e. The highest BCUT2D eigenvalue weighted by molar-refractivity contribution is 6.34. The van der Waals surface area contributed by atoms with Crippen molar-refractivity contribution in [2.45, 2.75) is 0 Å². The van der Waals surface area contributed by atoms with E-state index in [1.807, 2.05) is 48.5 Å². The Morgan fingerprint density at radius 3 is 2.90 bits per heavy atom. The van der Waals surface area contributed by atoms with Crippen molar-refractivity contribution in [3.63, 3.8) is 0 Å². The molecular weight excluding hydrogens is 250 g/mol. The van der Waals surface area contributed by atoms with Crippen LogP contribution < -0.4 is 5.32 Å². The van der Waals surface area contributed by atoms with E-state index >= 15 is 0 Å². The Kier molecular flexibility index (Phi) is 2.23. The monoisotopic (exact) mass is 261 g/mol. The van der Waals surface area contributed by atoms with Crippen LogP contribution in [0.2, 0.25) is 0 Å². The molecule has 2 aromatic heterocycles. The lowest BCUT2D eigenvalue weighted by atomic mass is 10.1. The molecule has 0 atom stereocenters. The zero-order chi connectivity index (χ0) is 13.5. The minimum absolute atomic E-state index is 0.0715. The van der Waals surface area contributed by atoms with Gasteiger partial charge in [0.05, 0.1) is 5.57 Å². The van der Waals surface area contributed by atoms with Crippen molar-refractivity contribution in [2.75, 3.05) is 5.32 Å². The molecule has 1 aliphatic rings. The van der Waals surface area contributed by atoms with Crippen LogP contribution in [0.15, 0.2) is 48.7 Å². The normalized spacial score (nSPS) is 15.6. The van der Waals surface area contributed by atoms with E-state index < -0.39 is 0 Å². The summed E-state index contributed by atoms with van der Waals surface area (Å²) in [7, 11) is 0. The molecule has 3 heterocycles. The first-order valence-electron chi connectivity index (χ1n) is 6.37. The lowest BCUT2D eigenvalue weighted by Crippen LogP contribution is -2.03. The van der Waals surface area contributed by atoms with Crippen molar-refractivity contribution < 1.29 is 4.79 Å². The van der Waals surface area contributed by atoms with E-state index in [4.69, 9.17) is 0 Å². The number of rotatable bonds is 1. The number of amides is 1. The van der Waals surface area contributed by atoms with Gasteiger partial charge in [0.25, 0.3) is 5.91 Å². The molecule has 0 aliphatic carbocycles. The number of carbonyl (C=O) groups excluding carboxylic acids is 1. The average molecular weight is 261 g/mol. The Labute approximate surface area is 115 Å². The minimum atomic E-state index is -0.0715. The summed E-state index contributed by atoms with van der Waals surface area (Å²) in [5.41, 5.74) is 4.17. The van der Waals surface area contributed by atoms with Crippen LogP contribution in [0.25, 0.3) is 22.7 Å². The predicted octanol–water partition coefficient (Wildman–Crippen LogP) is 3.06. The zero-order valence-electron chi connectivity index (χ0n) is 10.6. The first-order chi connectivity index (χ1) is 9.81. The summed E-state index contributed by atoms with van der Waals surface area (Å²) < 4.78 is 0. The second-order valence-corrected chi connectivity index (χ2v) is 4.72. The van der Waals surface area contributed by atoms with E-state index in [0.29, 0.717) is 5.57 Å². The molecule has 4 rings (SSSR count). The molecule has 0 saturated carbocycles. The summed E-state index contributed by atoms with van der Waals surface area (Å²) >= 11 is 0. The van der Waals surface area contributed by atoms with Crippen molar-refractivity contribution in [3.8, 4) is 0 Å². The van der Waals surface area contributed by atoms with Crippen LogP contribution in [0.1, 0.15) is 11.3 Å². The number of pyridine rings is 1. The van der Waals surface area contributed by atoms with E-state index in [-0.39, 0.29) is 5.91 Å². The van der Waals surface area contributed by atoms with Gasteiger partial charge in [0, 0.05) is 28.5 Å². The number of fused-ring (bicyclic) bond motifs is 2. The SMILES string of the molecule is O=C1Nc2ccccc2/C1=C/c1cc2cccnc2[nH]1. The van der Waals surface area contributed by atoms with Crippen LogP contribution in [-0.4, -0.2) is 15.9 Å². The Morgan fingerprint density at radius 2 is 2.00 bits per heavy atom. The standard InChI is InChI=1S/C16H11N3O/c20-16-13(12-5-1-2-6-14(12)19-16)9-11-8-10-4-3-7-17-15(10)18-11/h1-9H,(H,17,18)(H,19,20)/b13-9-. The van der Waals surface area contributed by atoms with Crippen LogP contribution in [0.5, 0.6) is 0 Å². The molecule has 0 bridgehead atoms. The van der Waals surface area contributed by atoms with E-state index in [1.165, 1.54) is 0 Å². The molecule has 1 aromatic carbocycles. The topological polar surface area (TPSA) is 57.8 Å². The zero-order valence-corrected chi connectivity index (χ0v) is 10.6. The second kappa shape index (κ2) is 4.06. The highest BCUT2D eigenvalue weighted by atomic mass is 16.2. The van der Waals surface area contributed by atoms with Gasteiger partial charge in [-0.15, -0.1) is 0 Å². The van der Waals surface area contributed by atoms with Crippen molar-refractivity contribution in [1.82, 2.24) is 9.97 Å². The number of para-hydroxylation sites is 1. The number of aromatic nitrogens is 2. The average Bonchev–Trinajstić information content (AvgIpc) is 3.00. The van der Waals surface area contributed by atoms with Gasteiger partial charge in [-0.05, 0) is 30.3 Å². The van der Waals surface area contributed by atoms with Gasteiger partial charge in [0.2, 0.25) is 0 Å². The molecule has 2 N–H and O–H groups in total. The van der Waals surface area contributed by atoms with Crippen molar-refractivity contribution in [1.29, 1.82) is 0 Å². The summed E-state index contributed by atoms with van der Waals surface area (Å²) in [5, 5.41) is 3.90. The third-order valence-corrected chi connectivity index (χ3v) is 3.42. The molecule has 0 spiro atoms. The number of benzene rings is 1. The second-order valence-electron chi connectivity index (χ2n) is 4.72. The number of nitrogens with one attached hydrogen (secondary N) is 2. The fraction of sp³-hybridized carbons (Fsp3) is 0. The Morgan fingerprint density at radius 1 is 1.10 bits per heavy atom. The third kappa shape index (κ3) is 1.62. The Balaban J connectivity index is 1.85. The van der Waals surface area contributed by atoms with E-state index in [9.17, 15) is 4.79 Å². The smallest absolute Gasteiger partial charge is 0.256 e. The molecular formula is C16H11N3O. The van der Waals surface area contributed by atoms with Gasteiger partial charge in [-0.2, -0.15) is 0 Å². The van der Waals surface area contributed by atoms with Crippen LogP contribution in [-0.2, 0) is 4.79 Å². The maximum absolute atomic E-state index is 12.0. The van der Waals surface area contributed by atoms with Crippen LogP contribution in [0.4, 0.5) is 5.69 Å². The summed E-state index contributed by atoms with van der Waals surface area (Å²) in [4.78, 5) is 19.5. The van der Waals surface area contributed by atoms with Crippen LogP contribution in [0.3, 0.4) is 0 Å². The third-order valence-electron chi connectivity index (χ3n) is 3.42. The summed E-state index contributed by atoms with van der Waals surface area (Å²) in [6, 6.07) is 13.6. The van der Waals surface area contributed by atoms with Crippen LogP contribution >= 0.6 is 0 Å².